The first-order valence-electron chi connectivity index (χ1n) is 5.72. The van der Waals surface area contributed by atoms with Crippen LogP contribution in [0.3, 0.4) is 0 Å². The number of aromatic nitrogens is 1. The molecule has 1 rings (SSSR count). The number of nitrogens with two attached hydrogens (primary N) is 1. The van der Waals surface area contributed by atoms with Crippen molar-refractivity contribution in [2.75, 3.05) is 45.1 Å². The van der Waals surface area contributed by atoms with Crippen LogP contribution in [0.1, 0.15) is 10.4 Å². The molecule has 0 radical (unpaired) electrons. The third-order valence-corrected chi connectivity index (χ3v) is 2.58. The van der Waals surface area contributed by atoms with Crippen LogP contribution in [0, 0.1) is 0 Å². The fourth-order valence-corrected chi connectivity index (χ4v) is 1.70. The Kier molecular flexibility index (Phi) is 5.53. The number of rotatable bonds is 6. The van der Waals surface area contributed by atoms with Gasteiger partial charge >= 0.3 is 5.97 Å². The van der Waals surface area contributed by atoms with Crippen molar-refractivity contribution in [2.24, 2.45) is 0 Å². The highest BCUT2D eigenvalue weighted by atomic mass is 16.5. The smallest absolute Gasteiger partial charge is 0.340 e. The van der Waals surface area contributed by atoms with E-state index in [2.05, 4.69) is 9.72 Å². The molecule has 0 aromatic carbocycles. The number of pyridine rings is 1. The zero-order valence-electron chi connectivity index (χ0n) is 11.3. The van der Waals surface area contributed by atoms with Crippen LogP contribution in [-0.4, -0.2) is 56.6 Å². The van der Waals surface area contributed by atoms with Crippen LogP contribution in [0.4, 0.5) is 11.5 Å². The maximum absolute atomic E-state index is 11.5. The van der Waals surface area contributed by atoms with E-state index < -0.39 is 12.1 Å². The van der Waals surface area contributed by atoms with Crippen LogP contribution in [-0.2, 0) is 9.47 Å². The van der Waals surface area contributed by atoms with E-state index in [1.54, 1.807) is 11.9 Å². The lowest BCUT2D eigenvalue weighted by Crippen LogP contribution is -2.33. The summed E-state index contributed by atoms with van der Waals surface area (Å²) < 4.78 is 9.48. The second-order valence-electron chi connectivity index (χ2n) is 4.08. The molecule has 1 aromatic rings. The van der Waals surface area contributed by atoms with Gasteiger partial charge in [0.05, 0.1) is 31.1 Å². The fourth-order valence-electron chi connectivity index (χ4n) is 1.70. The first-order valence-corrected chi connectivity index (χ1v) is 5.72. The molecular weight excluding hydrogens is 250 g/mol. The van der Waals surface area contributed by atoms with Crippen molar-refractivity contribution in [1.82, 2.24) is 4.98 Å². The minimum atomic E-state index is -0.669. The summed E-state index contributed by atoms with van der Waals surface area (Å²) in [5, 5.41) is 9.67. The summed E-state index contributed by atoms with van der Waals surface area (Å²) in [4.78, 5) is 17.3. The first-order chi connectivity index (χ1) is 9.01. The zero-order valence-corrected chi connectivity index (χ0v) is 11.3. The number of nitrogens with zero attached hydrogens (tertiary/aromatic N) is 2. The van der Waals surface area contributed by atoms with E-state index >= 15 is 0 Å². The Bertz CT molecular complexity index is 439. The van der Waals surface area contributed by atoms with E-state index in [4.69, 9.17) is 10.5 Å². The normalized spacial score (nSPS) is 12.0. The zero-order chi connectivity index (χ0) is 14.4. The summed E-state index contributed by atoms with van der Waals surface area (Å²) in [5.74, 6) is -0.106. The van der Waals surface area contributed by atoms with Gasteiger partial charge in [0.25, 0.3) is 0 Å². The van der Waals surface area contributed by atoms with Crippen molar-refractivity contribution >= 4 is 17.5 Å². The minimum Gasteiger partial charge on any atom is -0.465 e. The highest BCUT2D eigenvalue weighted by Crippen LogP contribution is 2.23. The van der Waals surface area contributed by atoms with Crippen molar-refractivity contribution < 1.29 is 19.4 Å². The number of carbonyl (C=O) groups is 1. The molecule has 0 aliphatic heterocycles. The molecule has 0 saturated carbocycles. The van der Waals surface area contributed by atoms with E-state index in [0.29, 0.717) is 5.82 Å². The number of hydrogen-bond acceptors (Lipinski definition) is 7. The van der Waals surface area contributed by atoms with Crippen molar-refractivity contribution in [3.63, 3.8) is 0 Å². The number of aliphatic hydroxyl groups is 1. The highest BCUT2D eigenvalue weighted by Gasteiger charge is 2.17. The second-order valence-corrected chi connectivity index (χ2v) is 4.08. The lowest BCUT2D eigenvalue weighted by molar-refractivity contribution is 0.0602. The summed E-state index contributed by atoms with van der Waals surface area (Å²) in [6, 6.07) is 1.49. The first kappa shape index (κ1) is 15.2. The summed E-state index contributed by atoms with van der Waals surface area (Å²) in [5.41, 5.74) is 6.37. The lowest BCUT2D eigenvalue weighted by Gasteiger charge is -2.23. The maximum atomic E-state index is 11.5. The molecule has 1 aromatic heterocycles. The number of likely N-dealkylation sites (N-methyl/N-ethyl adjacent to an activating group) is 1. The molecule has 0 aliphatic rings. The Labute approximate surface area is 111 Å². The monoisotopic (exact) mass is 269 g/mol. The number of hydrogen-bond donors (Lipinski definition) is 2. The van der Waals surface area contributed by atoms with E-state index in [1.807, 2.05) is 0 Å². The molecular formula is C12H19N3O4. The number of ether oxygens (including phenoxy) is 2. The highest BCUT2D eigenvalue weighted by molar-refractivity contribution is 5.97. The number of methoxy groups -OCH3 is 2. The Morgan fingerprint density at radius 3 is 2.84 bits per heavy atom. The van der Waals surface area contributed by atoms with Gasteiger partial charge in [-0.3, -0.25) is 0 Å². The van der Waals surface area contributed by atoms with Gasteiger partial charge in [-0.15, -0.1) is 0 Å². The predicted octanol–water partition coefficient (Wildman–Crippen LogP) is -0.106. The third-order valence-electron chi connectivity index (χ3n) is 2.58. The van der Waals surface area contributed by atoms with Crippen LogP contribution >= 0.6 is 0 Å². The van der Waals surface area contributed by atoms with Gasteiger partial charge < -0.3 is 25.2 Å². The van der Waals surface area contributed by atoms with Gasteiger partial charge in [-0.25, -0.2) is 9.78 Å². The molecule has 19 heavy (non-hydrogen) atoms. The summed E-state index contributed by atoms with van der Waals surface area (Å²) in [7, 11) is 4.51. The van der Waals surface area contributed by atoms with Gasteiger partial charge in [-0.1, -0.05) is 0 Å². The van der Waals surface area contributed by atoms with Gasteiger partial charge in [0.15, 0.2) is 5.82 Å². The van der Waals surface area contributed by atoms with E-state index in [-0.39, 0.29) is 24.4 Å². The molecule has 7 nitrogen and oxygen atoms in total. The Morgan fingerprint density at radius 2 is 2.26 bits per heavy atom. The predicted molar refractivity (Wildman–Crippen MR) is 71.1 cm³/mol. The molecule has 0 spiro atoms. The third kappa shape index (κ3) is 3.80. The fraction of sp³-hybridized carbons (Fsp3) is 0.500. The van der Waals surface area contributed by atoms with Crippen molar-refractivity contribution in [3.05, 3.63) is 17.8 Å². The molecule has 0 fully saturated rings. The Balaban J connectivity index is 2.91. The molecule has 0 aliphatic carbocycles. The van der Waals surface area contributed by atoms with Crippen molar-refractivity contribution in [2.45, 2.75) is 6.10 Å². The molecule has 1 unspecified atom stereocenters. The number of esters is 1. The lowest BCUT2D eigenvalue weighted by atomic mass is 10.2. The second kappa shape index (κ2) is 6.91. The minimum absolute atomic E-state index is 0.209. The van der Waals surface area contributed by atoms with Crippen LogP contribution < -0.4 is 10.6 Å². The number of aliphatic hydroxyl groups excluding tert-OH is 1. The van der Waals surface area contributed by atoms with Crippen LogP contribution in [0.2, 0.25) is 0 Å². The number of carbonyl (C=O) groups excluding carboxylic acids is 1. The molecule has 7 heteroatoms. The standard InChI is InChI=1S/C12H19N3O4/c1-15(6-8(16)7-18-2)11-10(13)9(4-5-14-11)12(17)19-3/h4-5,8,16H,6-7,13H2,1-3H3. The largest absolute Gasteiger partial charge is 0.465 e. The number of nitrogen functional groups attached to an aromatic ring is 1. The number of anilines is 2. The van der Waals surface area contributed by atoms with Crippen LogP contribution in [0.5, 0.6) is 0 Å². The summed E-state index contributed by atoms with van der Waals surface area (Å²) in [6.45, 7) is 0.497. The molecule has 3 N–H and O–H groups in total. The Hall–Kier alpha value is -1.86. The van der Waals surface area contributed by atoms with Gasteiger partial charge in [0, 0.05) is 26.9 Å². The Morgan fingerprint density at radius 1 is 1.58 bits per heavy atom. The van der Waals surface area contributed by atoms with Gasteiger partial charge in [0.1, 0.15) is 0 Å². The quantitative estimate of drug-likeness (QED) is 0.695. The van der Waals surface area contributed by atoms with E-state index in [1.165, 1.54) is 26.5 Å². The van der Waals surface area contributed by atoms with Crippen molar-refractivity contribution in [3.8, 4) is 0 Å². The van der Waals surface area contributed by atoms with Gasteiger partial charge in [-0.2, -0.15) is 0 Å². The van der Waals surface area contributed by atoms with Crippen LogP contribution in [0.15, 0.2) is 12.3 Å². The average molecular weight is 269 g/mol. The molecule has 0 saturated heterocycles. The molecule has 1 atom stereocenters. The van der Waals surface area contributed by atoms with Crippen molar-refractivity contribution in [1.29, 1.82) is 0 Å². The summed E-state index contributed by atoms with van der Waals surface area (Å²) >= 11 is 0. The van der Waals surface area contributed by atoms with Crippen LogP contribution in [0.25, 0.3) is 0 Å². The maximum Gasteiger partial charge on any atom is 0.340 e. The molecule has 106 valence electrons. The molecule has 0 amide bonds. The van der Waals surface area contributed by atoms with Gasteiger partial charge in [0.2, 0.25) is 0 Å². The topological polar surface area (TPSA) is 97.9 Å². The molecule has 1 heterocycles. The van der Waals surface area contributed by atoms with E-state index in [0.717, 1.165) is 0 Å². The average Bonchev–Trinajstić information content (AvgIpc) is 2.38. The summed E-state index contributed by atoms with van der Waals surface area (Å²) in [6.07, 6.45) is 0.801. The SMILES string of the molecule is COCC(O)CN(C)c1nccc(C(=O)OC)c1N. The van der Waals surface area contributed by atoms with E-state index in [9.17, 15) is 9.90 Å². The van der Waals surface area contributed by atoms with Gasteiger partial charge in [-0.05, 0) is 6.07 Å². The molecule has 0 bridgehead atoms.